The molecule has 1 atom stereocenters. The number of nitrogens with one attached hydrogen (secondary N) is 1. The summed E-state index contributed by atoms with van der Waals surface area (Å²) in [7, 11) is 1.65. The minimum Gasteiger partial charge on any atom is -0.383 e. The first-order chi connectivity index (χ1) is 12.1. The average Bonchev–Trinajstić information content (AvgIpc) is 3.11. The van der Waals surface area contributed by atoms with Crippen LogP contribution >= 0.6 is 15.9 Å². The van der Waals surface area contributed by atoms with E-state index in [1.54, 1.807) is 11.8 Å². The van der Waals surface area contributed by atoms with Crippen LogP contribution in [0.2, 0.25) is 0 Å². The third-order valence-electron chi connectivity index (χ3n) is 4.21. The first-order valence-corrected chi connectivity index (χ1v) is 8.67. The van der Waals surface area contributed by atoms with Crippen LogP contribution in [0.1, 0.15) is 23.0 Å². The number of fused-ring (bicyclic) bond motifs is 2. The Morgan fingerprint density at radius 1 is 1.36 bits per heavy atom. The fourth-order valence-corrected chi connectivity index (χ4v) is 3.49. The summed E-state index contributed by atoms with van der Waals surface area (Å²) >= 11 is 3.48. The lowest BCUT2D eigenvalue weighted by atomic mass is 9.95. The highest BCUT2D eigenvalue weighted by molar-refractivity contribution is 9.10. The number of hydrogen-bond donors (Lipinski definition) is 1. The van der Waals surface area contributed by atoms with E-state index in [9.17, 15) is 4.79 Å². The first-order valence-electron chi connectivity index (χ1n) is 7.88. The van der Waals surface area contributed by atoms with Gasteiger partial charge in [-0.1, -0.05) is 15.9 Å². The number of hydrogen-bond acceptors (Lipinski definition) is 5. The van der Waals surface area contributed by atoms with Crippen LogP contribution in [0.3, 0.4) is 0 Å². The van der Waals surface area contributed by atoms with Gasteiger partial charge in [-0.05, 0) is 30.7 Å². The topological polar surface area (TPSA) is 81.9 Å². The summed E-state index contributed by atoms with van der Waals surface area (Å²) in [5.41, 5.74) is 2.99. The van der Waals surface area contributed by atoms with Gasteiger partial charge in [0, 0.05) is 23.5 Å². The molecule has 4 rings (SSSR count). The van der Waals surface area contributed by atoms with E-state index >= 15 is 0 Å². The van der Waals surface area contributed by atoms with Gasteiger partial charge in [0.2, 0.25) is 5.91 Å². The molecule has 0 spiro atoms. The number of amides is 1. The first kappa shape index (κ1) is 16.2. The molecule has 1 aliphatic heterocycles. The van der Waals surface area contributed by atoms with Gasteiger partial charge in [-0.2, -0.15) is 5.10 Å². The molecule has 0 fully saturated rings. The van der Waals surface area contributed by atoms with E-state index in [0.29, 0.717) is 30.3 Å². The summed E-state index contributed by atoms with van der Waals surface area (Å²) in [5, 5.41) is 8.20. The monoisotopic (exact) mass is 401 g/mol. The third kappa shape index (κ3) is 2.81. The number of aromatic nitrogens is 4. The molecule has 8 heteroatoms. The fourth-order valence-electron chi connectivity index (χ4n) is 3.11. The van der Waals surface area contributed by atoms with E-state index < -0.39 is 5.92 Å². The number of ether oxygens (including phenoxy) is 1. The number of nitrogens with zero attached hydrogens (tertiary/aromatic N) is 4. The SMILES string of the molecule is COCCn1cc2c(C3C(=O)Nc4ccc(Br)cc43)nc(C)nc2n1. The number of carbonyl (C=O) groups excluding carboxylic acids is 1. The quantitative estimate of drug-likeness (QED) is 0.726. The smallest absolute Gasteiger partial charge is 0.238 e. The molecule has 25 heavy (non-hydrogen) atoms. The van der Waals surface area contributed by atoms with Gasteiger partial charge in [0.25, 0.3) is 0 Å². The lowest BCUT2D eigenvalue weighted by Crippen LogP contribution is -2.15. The third-order valence-corrected chi connectivity index (χ3v) is 4.70. The van der Waals surface area contributed by atoms with Crippen LogP contribution in [0.25, 0.3) is 11.0 Å². The van der Waals surface area contributed by atoms with Crippen LogP contribution in [-0.4, -0.2) is 39.4 Å². The molecule has 2 aromatic heterocycles. The molecule has 3 heterocycles. The summed E-state index contributed by atoms with van der Waals surface area (Å²) in [6, 6.07) is 5.76. The Hall–Kier alpha value is -2.32. The molecule has 7 nitrogen and oxygen atoms in total. The Morgan fingerprint density at radius 2 is 2.20 bits per heavy atom. The number of rotatable bonds is 4. The lowest BCUT2D eigenvalue weighted by Gasteiger charge is -2.10. The molecule has 0 saturated heterocycles. The minimum absolute atomic E-state index is 0.0860. The van der Waals surface area contributed by atoms with Gasteiger partial charge < -0.3 is 10.1 Å². The Kier molecular flexibility index (Phi) is 4.01. The number of aryl methyl sites for hydroxylation is 1. The molecule has 0 bridgehead atoms. The fraction of sp³-hybridized carbons (Fsp3) is 0.294. The van der Waals surface area contributed by atoms with Crippen molar-refractivity contribution in [2.75, 3.05) is 19.0 Å². The molecule has 1 aliphatic rings. The number of carbonyl (C=O) groups is 1. The Bertz CT molecular complexity index is 985. The normalized spacial score (nSPS) is 16.3. The largest absolute Gasteiger partial charge is 0.383 e. The zero-order chi connectivity index (χ0) is 17.6. The molecule has 1 unspecified atom stereocenters. The molecule has 0 radical (unpaired) electrons. The van der Waals surface area contributed by atoms with Crippen molar-refractivity contribution in [1.82, 2.24) is 19.7 Å². The molecule has 0 saturated carbocycles. The molecular formula is C17H16BrN5O2. The van der Waals surface area contributed by atoms with Crippen LogP contribution in [0.4, 0.5) is 5.69 Å². The van der Waals surface area contributed by atoms with Crippen molar-refractivity contribution in [3.05, 3.63) is 46.0 Å². The van der Waals surface area contributed by atoms with E-state index in [0.717, 1.165) is 21.1 Å². The zero-order valence-electron chi connectivity index (χ0n) is 13.8. The van der Waals surface area contributed by atoms with Crippen molar-refractivity contribution < 1.29 is 9.53 Å². The van der Waals surface area contributed by atoms with Crippen LogP contribution in [0.15, 0.2) is 28.9 Å². The maximum atomic E-state index is 12.6. The van der Waals surface area contributed by atoms with Gasteiger partial charge in [0.05, 0.1) is 24.2 Å². The van der Waals surface area contributed by atoms with Crippen molar-refractivity contribution >= 4 is 38.6 Å². The molecule has 1 amide bonds. The summed E-state index contributed by atoms with van der Waals surface area (Å²) in [6.45, 7) is 2.98. The van der Waals surface area contributed by atoms with Gasteiger partial charge in [0.15, 0.2) is 5.65 Å². The van der Waals surface area contributed by atoms with Gasteiger partial charge in [-0.25, -0.2) is 9.97 Å². The van der Waals surface area contributed by atoms with Crippen molar-refractivity contribution in [1.29, 1.82) is 0 Å². The second-order valence-corrected chi connectivity index (χ2v) is 6.85. The highest BCUT2D eigenvalue weighted by Crippen LogP contribution is 2.39. The van der Waals surface area contributed by atoms with Crippen molar-refractivity contribution in [2.45, 2.75) is 19.4 Å². The standard InChI is InChI=1S/C17H16BrN5O2/c1-9-19-15(12-8-23(5-6-25-2)22-16(12)20-9)14-11-7-10(18)3-4-13(11)21-17(14)24/h3-4,7-8,14H,5-6H2,1-2H3,(H,21,24). The van der Waals surface area contributed by atoms with Crippen molar-refractivity contribution in [3.8, 4) is 0 Å². The lowest BCUT2D eigenvalue weighted by molar-refractivity contribution is -0.116. The molecular weight excluding hydrogens is 386 g/mol. The predicted octanol–water partition coefficient (Wildman–Crippen LogP) is 2.63. The van der Waals surface area contributed by atoms with Crippen molar-refractivity contribution in [2.24, 2.45) is 0 Å². The van der Waals surface area contributed by atoms with Gasteiger partial charge >= 0.3 is 0 Å². The molecule has 1 aromatic carbocycles. The zero-order valence-corrected chi connectivity index (χ0v) is 15.4. The van der Waals surface area contributed by atoms with E-state index in [2.05, 4.69) is 36.3 Å². The number of anilines is 1. The van der Waals surface area contributed by atoms with Gasteiger partial charge in [0.1, 0.15) is 11.7 Å². The van der Waals surface area contributed by atoms with E-state index in [1.165, 1.54) is 0 Å². The van der Waals surface area contributed by atoms with Crippen molar-refractivity contribution in [3.63, 3.8) is 0 Å². The van der Waals surface area contributed by atoms with E-state index in [4.69, 9.17) is 4.74 Å². The van der Waals surface area contributed by atoms with Crippen LogP contribution < -0.4 is 5.32 Å². The Morgan fingerprint density at radius 3 is 3.00 bits per heavy atom. The van der Waals surface area contributed by atoms with Gasteiger partial charge in [-0.3, -0.25) is 9.48 Å². The summed E-state index contributed by atoms with van der Waals surface area (Å²) < 4.78 is 7.81. The minimum atomic E-state index is -0.475. The Labute approximate surface area is 152 Å². The molecule has 1 N–H and O–H groups in total. The molecule has 128 valence electrons. The number of methoxy groups -OCH3 is 1. The maximum absolute atomic E-state index is 12.6. The maximum Gasteiger partial charge on any atom is 0.238 e. The van der Waals surface area contributed by atoms with Gasteiger partial charge in [-0.15, -0.1) is 0 Å². The highest BCUT2D eigenvalue weighted by Gasteiger charge is 2.35. The average molecular weight is 402 g/mol. The predicted molar refractivity (Wildman–Crippen MR) is 96.6 cm³/mol. The molecule has 0 aliphatic carbocycles. The summed E-state index contributed by atoms with van der Waals surface area (Å²) in [5.74, 6) is 0.0321. The van der Waals surface area contributed by atoms with Crippen LogP contribution in [-0.2, 0) is 16.1 Å². The van der Waals surface area contributed by atoms with Crippen LogP contribution in [0.5, 0.6) is 0 Å². The summed E-state index contributed by atoms with van der Waals surface area (Å²) in [4.78, 5) is 21.6. The number of benzene rings is 1. The van der Waals surface area contributed by atoms with E-state index in [-0.39, 0.29) is 5.91 Å². The second kappa shape index (κ2) is 6.20. The van der Waals surface area contributed by atoms with E-state index in [1.807, 2.05) is 31.3 Å². The Balaban J connectivity index is 1.88. The number of halogens is 1. The highest BCUT2D eigenvalue weighted by atomic mass is 79.9. The second-order valence-electron chi connectivity index (χ2n) is 5.93. The molecule has 3 aromatic rings. The summed E-state index contributed by atoms with van der Waals surface area (Å²) in [6.07, 6.45) is 1.88. The van der Waals surface area contributed by atoms with Crippen LogP contribution in [0, 0.1) is 6.92 Å².